The number of benzene rings is 1. The number of carbonyl (C=O) groups is 1. The lowest BCUT2D eigenvalue weighted by atomic mass is 10.0. The van der Waals surface area contributed by atoms with Crippen LogP contribution in [0.3, 0.4) is 0 Å². The Labute approximate surface area is 101 Å². The Bertz CT molecular complexity index is 375. The number of rotatable bonds is 4. The molecule has 4 heteroatoms. The SMILES string of the molecule is O=CN1CCC(Nc2cccc(CF)c2)CC1. The molecule has 0 spiro atoms. The van der Waals surface area contributed by atoms with Crippen LogP contribution < -0.4 is 5.32 Å². The second-order valence-corrected chi connectivity index (χ2v) is 4.39. The fraction of sp³-hybridized carbons (Fsp3) is 0.462. The van der Waals surface area contributed by atoms with Gasteiger partial charge in [-0.2, -0.15) is 0 Å². The fourth-order valence-electron chi connectivity index (χ4n) is 2.13. The maximum atomic E-state index is 12.5. The van der Waals surface area contributed by atoms with Crippen LogP contribution in [0.4, 0.5) is 10.1 Å². The molecule has 1 aliphatic rings. The van der Waals surface area contributed by atoms with E-state index in [1.807, 2.05) is 18.2 Å². The molecular weight excluding hydrogens is 219 g/mol. The van der Waals surface area contributed by atoms with Gasteiger partial charge < -0.3 is 10.2 Å². The number of likely N-dealkylation sites (tertiary alicyclic amines) is 1. The third kappa shape index (κ3) is 3.19. The van der Waals surface area contributed by atoms with Crippen molar-refractivity contribution in [3.8, 4) is 0 Å². The Morgan fingerprint density at radius 1 is 1.41 bits per heavy atom. The Morgan fingerprint density at radius 3 is 2.82 bits per heavy atom. The predicted octanol–water partition coefficient (Wildman–Crippen LogP) is 2.19. The van der Waals surface area contributed by atoms with Crippen LogP contribution in [-0.4, -0.2) is 30.4 Å². The van der Waals surface area contributed by atoms with E-state index in [1.165, 1.54) is 0 Å². The van der Waals surface area contributed by atoms with Crippen LogP contribution in [0.2, 0.25) is 0 Å². The second kappa shape index (κ2) is 5.66. The number of alkyl halides is 1. The maximum absolute atomic E-state index is 12.5. The molecule has 1 aliphatic heterocycles. The van der Waals surface area contributed by atoms with Crippen LogP contribution in [0.25, 0.3) is 0 Å². The molecule has 1 heterocycles. The van der Waals surface area contributed by atoms with Crippen molar-refractivity contribution in [2.45, 2.75) is 25.6 Å². The first-order valence-corrected chi connectivity index (χ1v) is 5.92. The molecule has 0 radical (unpaired) electrons. The summed E-state index contributed by atoms with van der Waals surface area (Å²) in [5.41, 5.74) is 1.66. The summed E-state index contributed by atoms with van der Waals surface area (Å²) in [7, 11) is 0. The van der Waals surface area contributed by atoms with Gasteiger partial charge in [-0.3, -0.25) is 4.79 Å². The van der Waals surface area contributed by atoms with E-state index in [0.717, 1.165) is 38.0 Å². The minimum atomic E-state index is -0.431. The van der Waals surface area contributed by atoms with Gasteiger partial charge in [0.1, 0.15) is 6.67 Å². The van der Waals surface area contributed by atoms with Crippen LogP contribution >= 0.6 is 0 Å². The van der Waals surface area contributed by atoms with Crippen molar-refractivity contribution in [2.24, 2.45) is 0 Å². The average Bonchev–Trinajstić information content (AvgIpc) is 2.40. The van der Waals surface area contributed by atoms with Gasteiger partial charge in [-0.15, -0.1) is 0 Å². The van der Waals surface area contributed by atoms with Crippen molar-refractivity contribution in [1.82, 2.24) is 4.90 Å². The molecule has 1 aromatic rings. The van der Waals surface area contributed by atoms with Crippen molar-refractivity contribution in [3.63, 3.8) is 0 Å². The normalized spacial score (nSPS) is 16.9. The van der Waals surface area contributed by atoms with Gasteiger partial charge in [0, 0.05) is 24.8 Å². The summed E-state index contributed by atoms with van der Waals surface area (Å²) in [5, 5.41) is 3.39. The Hall–Kier alpha value is -1.58. The Morgan fingerprint density at radius 2 is 2.18 bits per heavy atom. The number of carbonyl (C=O) groups excluding carboxylic acids is 1. The standard InChI is InChI=1S/C13H17FN2O/c14-9-11-2-1-3-13(8-11)15-12-4-6-16(10-17)7-5-12/h1-3,8,10,12,15H,4-7,9H2. The van der Waals surface area contributed by atoms with E-state index in [0.29, 0.717) is 11.6 Å². The lowest BCUT2D eigenvalue weighted by molar-refractivity contribution is -0.118. The first kappa shape index (κ1) is 11.9. The van der Waals surface area contributed by atoms with E-state index in [9.17, 15) is 9.18 Å². The molecular formula is C13H17FN2O. The van der Waals surface area contributed by atoms with E-state index >= 15 is 0 Å². The van der Waals surface area contributed by atoms with Gasteiger partial charge in [0.25, 0.3) is 0 Å². The second-order valence-electron chi connectivity index (χ2n) is 4.39. The smallest absolute Gasteiger partial charge is 0.209 e. The van der Waals surface area contributed by atoms with Crippen LogP contribution in [-0.2, 0) is 11.5 Å². The molecule has 92 valence electrons. The van der Waals surface area contributed by atoms with Gasteiger partial charge in [-0.05, 0) is 30.5 Å². The summed E-state index contributed by atoms with van der Waals surface area (Å²) in [4.78, 5) is 12.4. The lowest BCUT2D eigenvalue weighted by Crippen LogP contribution is -2.38. The zero-order chi connectivity index (χ0) is 12.1. The highest BCUT2D eigenvalue weighted by Crippen LogP contribution is 2.17. The molecule has 17 heavy (non-hydrogen) atoms. The number of hydrogen-bond donors (Lipinski definition) is 1. The molecule has 0 aromatic heterocycles. The van der Waals surface area contributed by atoms with Crippen molar-refractivity contribution in [1.29, 1.82) is 0 Å². The quantitative estimate of drug-likeness (QED) is 0.813. The third-order valence-corrected chi connectivity index (χ3v) is 3.13. The molecule has 1 fully saturated rings. The molecule has 3 nitrogen and oxygen atoms in total. The largest absolute Gasteiger partial charge is 0.382 e. The Kier molecular flexibility index (Phi) is 3.96. The van der Waals surface area contributed by atoms with E-state index < -0.39 is 6.67 Å². The van der Waals surface area contributed by atoms with E-state index in [1.54, 1.807) is 11.0 Å². The van der Waals surface area contributed by atoms with Gasteiger partial charge in [0.2, 0.25) is 6.41 Å². The molecule has 0 saturated carbocycles. The number of hydrogen-bond acceptors (Lipinski definition) is 2. The molecule has 1 N–H and O–H groups in total. The van der Waals surface area contributed by atoms with Crippen molar-refractivity contribution in [3.05, 3.63) is 29.8 Å². The predicted molar refractivity (Wildman–Crippen MR) is 65.5 cm³/mol. The van der Waals surface area contributed by atoms with Crippen molar-refractivity contribution in [2.75, 3.05) is 18.4 Å². The molecule has 0 aliphatic carbocycles. The zero-order valence-electron chi connectivity index (χ0n) is 9.73. The number of amides is 1. The van der Waals surface area contributed by atoms with Crippen LogP contribution in [0.1, 0.15) is 18.4 Å². The van der Waals surface area contributed by atoms with E-state index in [4.69, 9.17) is 0 Å². The average molecular weight is 236 g/mol. The Balaban J connectivity index is 1.90. The first-order valence-electron chi connectivity index (χ1n) is 5.92. The highest BCUT2D eigenvalue weighted by Gasteiger charge is 2.17. The fourth-order valence-corrected chi connectivity index (χ4v) is 2.13. The summed E-state index contributed by atoms with van der Waals surface area (Å²) in [6.07, 6.45) is 2.79. The third-order valence-electron chi connectivity index (χ3n) is 3.13. The molecule has 0 unspecified atom stereocenters. The van der Waals surface area contributed by atoms with Gasteiger partial charge >= 0.3 is 0 Å². The molecule has 1 amide bonds. The minimum absolute atomic E-state index is 0.376. The molecule has 0 atom stereocenters. The van der Waals surface area contributed by atoms with Crippen LogP contribution in [0, 0.1) is 0 Å². The number of anilines is 1. The highest BCUT2D eigenvalue weighted by molar-refractivity contribution is 5.48. The number of nitrogens with one attached hydrogen (secondary N) is 1. The molecule has 1 aromatic carbocycles. The summed E-state index contributed by atoms with van der Waals surface area (Å²) < 4.78 is 12.5. The monoisotopic (exact) mass is 236 g/mol. The summed E-state index contributed by atoms with van der Waals surface area (Å²) in [5.74, 6) is 0. The molecule has 0 bridgehead atoms. The summed E-state index contributed by atoms with van der Waals surface area (Å²) >= 11 is 0. The highest BCUT2D eigenvalue weighted by atomic mass is 19.1. The van der Waals surface area contributed by atoms with E-state index in [2.05, 4.69) is 5.32 Å². The topological polar surface area (TPSA) is 32.3 Å². The van der Waals surface area contributed by atoms with Crippen LogP contribution in [0.15, 0.2) is 24.3 Å². The minimum Gasteiger partial charge on any atom is -0.382 e. The van der Waals surface area contributed by atoms with Gasteiger partial charge in [0.05, 0.1) is 0 Å². The van der Waals surface area contributed by atoms with Crippen molar-refractivity contribution < 1.29 is 9.18 Å². The van der Waals surface area contributed by atoms with Gasteiger partial charge in [-0.1, -0.05) is 12.1 Å². The maximum Gasteiger partial charge on any atom is 0.209 e. The summed E-state index contributed by atoms with van der Waals surface area (Å²) in [6, 6.07) is 7.80. The van der Waals surface area contributed by atoms with Gasteiger partial charge in [0.15, 0.2) is 0 Å². The molecule has 2 rings (SSSR count). The lowest BCUT2D eigenvalue weighted by Gasteiger charge is -2.30. The number of piperidine rings is 1. The van der Waals surface area contributed by atoms with Crippen molar-refractivity contribution >= 4 is 12.1 Å². The first-order chi connectivity index (χ1) is 8.31. The summed E-state index contributed by atoms with van der Waals surface area (Å²) in [6.45, 7) is 1.16. The zero-order valence-corrected chi connectivity index (χ0v) is 9.73. The van der Waals surface area contributed by atoms with Gasteiger partial charge in [-0.25, -0.2) is 4.39 Å². The van der Waals surface area contributed by atoms with Crippen LogP contribution in [0.5, 0.6) is 0 Å². The van der Waals surface area contributed by atoms with E-state index in [-0.39, 0.29) is 0 Å². The molecule has 1 saturated heterocycles. The number of nitrogens with zero attached hydrogens (tertiary/aromatic N) is 1. The number of halogens is 1.